The smallest absolute Gasteiger partial charge is 0.264 e. The summed E-state index contributed by atoms with van der Waals surface area (Å²) in [4.78, 5) is 30.3. The fraction of sp³-hybridized carbons (Fsp3) is 0.316. The predicted octanol–water partition coefficient (Wildman–Crippen LogP) is 6.45. The minimum absolute atomic E-state index is 0.0444. The average molecular weight is 656 g/mol. The summed E-state index contributed by atoms with van der Waals surface area (Å²) in [5, 5.41) is 3.07. The molecule has 4 aromatic rings. The molecule has 47 heavy (non-hydrogen) atoms. The molecule has 0 aromatic heterocycles. The molecular weight excluding hydrogens is 611 g/mol. The molecule has 0 aliphatic carbocycles. The van der Waals surface area contributed by atoms with Crippen molar-refractivity contribution in [1.82, 2.24) is 10.2 Å². The topological polar surface area (TPSA) is 96.0 Å². The van der Waals surface area contributed by atoms with Crippen LogP contribution >= 0.6 is 0 Å². The molecule has 248 valence electrons. The van der Waals surface area contributed by atoms with Gasteiger partial charge in [-0.25, -0.2) is 8.42 Å². The van der Waals surface area contributed by atoms with Gasteiger partial charge in [-0.05, 0) is 75.1 Å². The second kappa shape index (κ2) is 16.3. The zero-order valence-electron chi connectivity index (χ0n) is 27.8. The second-order valence-corrected chi connectivity index (χ2v) is 13.6. The summed E-state index contributed by atoms with van der Waals surface area (Å²) in [5.74, 6) is -0.484. The lowest BCUT2D eigenvalue weighted by molar-refractivity contribution is -0.140. The highest BCUT2D eigenvalue weighted by Gasteiger charge is 2.36. The molecular formula is C38H45N3O5S. The highest BCUT2D eigenvalue weighted by atomic mass is 32.2. The Hall–Kier alpha value is -4.63. The maximum Gasteiger partial charge on any atom is 0.264 e. The monoisotopic (exact) mass is 655 g/mol. The van der Waals surface area contributed by atoms with Gasteiger partial charge in [-0.1, -0.05) is 91.3 Å². The molecule has 0 heterocycles. The molecule has 0 saturated heterocycles. The van der Waals surface area contributed by atoms with E-state index in [1.54, 1.807) is 36.4 Å². The van der Waals surface area contributed by atoms with E-state index in [0.717, 1.165) is 26.6 Å². The Kier molecular flexibility index (Phi) is 12.2. The van der Waals surface area contributed by atoms with Crippen LogP contribution in [-0.2, 0) is 32.6 Å². The Morgan fingerprint density at radius 3 is 2.13 bits per heavy atom. The van der Waals surface area contributed by atoms with Crippen LogP contribution in [0.15, 0.2) is 108 Å². The van der Waals surface area contributed by atoms with Crippen LogP contribution in [0.25, 0.3) is 0 Å². The van der Waals surface area contributed by atoms with Gasteiger partial charge in [-0.3, -0.25) is 13.9 Å². The maximum absolute atomic E-state index is 14.7. The van der Waals surface area contributed by atoms with Gasteiger partial charge < -0.3 is 15.0 Å². The Morgan fingerprint density at radius 1 is 0.830 bits per heavy atom. The van der Waals surface area contributed by atoms with E-state index < -0.39 is 28.5 Å². The molecule has 0 aliphatic heterocycles. The Bertz CT molecular complexity index is 1740. The third-order valence-electron chi connectivity index (χ3n) is 8.20. The van der Waals surface area contributed by atoms with Gasteiger partial charge in [0.2, 0.25) is 11.8 Å². The van der Waals surface area contributed by atoms with E-state index in [-0.39, 0.29) is 35.5 Å². The number of ether oxygens (including phenoxy) is 1. The first kappa shape index (κ1) is 35.2. The summed E-state index contributed by atoms with van der Waals surface area (Å²) in [7, 11) is -4.24. The number of carbonyl (C=O) groups is 2. The van der Waals surface area contributed by atoms with E-state index in [0.29, 0.717) is 18.8 Å². The number of anilines is 1. The summed E-state index contributed by atoms with van der Waals surface area (Å²) in [6, 6.07) is 29.5. The maximum atomic E-state index is 14.7. The molecule has 0 aliphatic rings. The number of benzene rings is 4. The first-order valence-electron chi connectivity index (χ1n) is 16.0. The van der Waals surface area contributed by atoms with Crippen molar-refractivity contribution in [1.29, 1.82) is 0 Å². The van der Waals surface area contributed by atoms with E-state index in [9.17, 15) is 18.0 Å². The number of sulfonamides is 1. The van der Waals surface area contributed by atoms with Crippen LogP contribution in [0, 0.1) is 13.8 Å². The summed E-state index contributed by atoms with van der Waals surface area (Å²) in [6.45, 7) is 9.42. The predicted molar refractivity (Wildman–Crippen MR) is 187 cm³/mol. The molecule has 2 amide bonds. The first-order chi connectivity index (χ1) is 22.5. The highest BCUT2D eigenvalue weighted by molar-refractivity contribution is 7.92. The standard InChI is InChI=1S/C38H45N3O5S/c1-6-30(5)39-38(43)35(25-31-16-9-8-10-17-31)40(26-32-18-12-11-15-29(32)4)37(42)27-41(34-19-13-14-20-36(34)46-7-2)47(44,45)33-23-21-28(3)22-24-33/h8-24,30,35H,6-7,25-27H2,1-5H3,(H,39,43)/t30-,35-/m0/s1. The molecule has 0 saturated carbocycles. The molecule has 0 bridgehead atoms. The largest absolute Gasteiger partial charge is 0.492 e. The lowest BCUT2D eigenvalue weighted by atomic mass is 10.0. The number of nitrogens with one attached hydrogen (secondary N) is 1. The second-order valence-electron chi connectivity index (χ2n) is 11.7. The highest BCUT2D eigenvalue weighted by Crippen LogP contribution is 2.33. The number of hydrogen-bond acceptors (Lipinski definition) is 5. The summed E-state index contributed by atoms with van der Waals surface area (Å²) in [5.41, 5.74) is 3.84. The number of nitrogens with zero attached hydrogens (tertiary/aromatic N) is 2. The van der Waals surface area contributed by atoms with Gasteiger partial charge in [0.1, 0.15) is 18.3 Å². The van der Waals surface area contributed by atoms with Crippen molar-refractivity contribution in [3.63, 3.8) is 0 Å². The van der Waals surface area contributed by atoms with Crippen LogP contribution in [0.4, 0.5) is 5.69 Å². The van der Waals surface area contributed by atoms with E-state index in [1.165, 1.54) is 17.0 Å². The minimum Gasteiger partial charge on any atom is -0.492 e. The molecule has 0 radical (unpaired) electrons. The molecule has 8 nitrogen and oxygen atoms in total. The molecule has 0 fully saturated rings. The third-order valence-corrected chi connectivity index (χ3v) is 9.97. The molecule has 1 N–H and O–H groups in total. The van der Waals surface area contributed by atoms with Gasteiger partial charge >= 0.3 is 0 Å². The van der Waals surface area contributed by atoms with Gasteiger partial charge in [0.25, 0.3) is 10.0 Å². The van der Waals surface area contributed by atoms with Crippen LogP contribution in [0.3, 0.4) is 0 Å². The van der Waals surface area contributed by atoms with Crippen LogP contribution in [0.2, 0.25) is 0 Å². The Balaban J connectivity index is 1.85. The molecule has 4 aromatic carbocycles. The van der Waals surface area contributed by atoms with Crippen LogP contribution in [0.1, 0.15) is 49.4 Å². The fourth-order valence-electron chi connectivity index (χ4n) is 5.26. The van der Waals surface area contributed by atoms with Crippen molar-refractivity contribution < 1.29 is 22.7 Å². The lowest BCUT2D eigenvalue weighted by Crippen LogP contribution is -2.54. The summed E-state index contributed by atoms with van der Waals surface area (Å²) < 4.78 is 35.7. The van der Waals surface area contributed by atoms with Gasteiger partial charge in [0.05, 0.1) is 17.2 Å². The minimum atomic E-state index is -4.24. The molecule has 2 atom stereocenters. The van der Waals surface area contributed by atoms with Gasteiger partial charge in [0.15, 0.2) is 0 Å². The number of hydrogen-bond donors (Lipinski definition) is 1. The van der Waals surface area contributed by atoms with Crippen molar-refractivity contribution in [2.45, 2.75) is 71.0 Å². The van der Waals surface area contributed by atoms with Crippen molar-refractivity contribution in [3.05, 3.63) is 125 Å². The quantitative estimate of drug-likeness (QED) is 0.159. The van der Waals surface area contributed by atoms with Crippen LogP contribution < -0.4 is 14.4 Å². The zero-order chi connectivity index (χ0) is 34.0. The summed E-state index contributed by atoms with van der Waals surface area (Å²) in [6.07, 6.45) is 0.966. The van der Waals surface area contributed by atoms with Gasteiger partial charge in [-0.2, -0.15) is 0 Å². The van der Waals surface area contributed by atoms with Crippen LogP contribution in [-0.4, -0.2) is 50.4 Å². The zero-order valence-corrected chi connectivity index (χ0v) is 28.7. The van der Waals surface area contributed by atoms with E-state index in [1.807, 2.05) is 89.2 Å². The van der Waals surface area contributed by atoms with E-state index in [2.05, 4.69) is 5.32 Å². The Morgan fingerprint density at radius 2 is 1.47 bits per heavy atom. The van der Waals surface area contributed by atoms with Gasteiger partial charge in [-0.15, -0.1) is 0 Å². The van der Waals surface area contributed by atoms with Crippen LogP contribution in [0.5, 0.6) is 5.75 Å². The SMILES string of the molecule is CCOc1ccccc1N(CC(=O)N(Cc1ccccc1C)[C@@H](Cc1ccccc1)C(=O)N[C@@H](C)CC)S(=O)(=O)c1ccc(C)cc1. The van der Waals surface area contributed by atoms with Crippen molar-refractivity contribution in [2.75, 3.05) is 17.5 Å². The Labute approximate surface area is 279 Å². The van der Waals surface area contributed by atoms with Crippen molar-refractivity contribution in [3.8, 4) is 5.75 Å². The number of amides is 2. The lowest BCUT2D eigenvalue weighted by Gasteiger charge is -2.35. The average Bonchev–Trinajstić information content (AvgIpc) is 3.07. The number of aryl methyl sites for hydroxylation is 2. The molecule has 4 rings (SSSR count). The van der Waals surface area contributed by atoms with Crippen molar-refractivity contribution in [2.24, 2.45) is 0 Å². The van der Waals surface area contributed by atoms with Crippen molar-refractivity contribution >= 4 is 27.5 Å². The number of para-hydroxylation sites is 2. The molecule has 0 unspecified atom stereocenters. The van der Waals surface area contributed by atoms with E-state index >= 15 is 0 Å². The molecule has 0 spiro atoms. The fourth-order valence-corrected chi connectivity index (χ4v) is 6.68. The molecule has 9 heteroatoms. The number of rotatable bonds is 15. The third kappa shape index (κ3) is 9.01. The van der Waals surface area contributed by atoms with Gasteiger partial charge in [0, 0.05) is 19.0 Å². The normalized spacial score (nSPS) is 12.5. The summed E-state index contributed by atoms with van der Waals surface area (Å²) >= 11 is 0. The number of carbonyl (C=O) groups excluding carboxylic acids is 2. The van der Waals surface area contributed by atoms with E-state index in [4.69, 9.17) is 4.74 Å². The first-order valence-corrected chi connectivity index (χ1v) is 17.5.